The molecule has 0 atom stereocenters. The second-order valence-corrected chi connectivity index (χ2v) is 23.4. The SMILES string of the molecule is CC(C)C(C(=O)/C=C(\O)C(C(C)C)C(C)C)C(C)C.Cc1c(-c2ccc([Si](C)(C)C)cc2)sc2c(-c3[c-]c4ccccc4c(C(C)C)c3)nccc12.[Ir]. The summed E-state index contributed by atoms with van der Waals surface area (Å²) in [4.78, 5) is 18.6. The van der Waals surface area contributed by atoms with Crippen LogP contribution in [-0.2, 0) is 24.9 Å². The number of rotatable bonds is 11. The Balaban J connectivity index is 0.000000327. The monoisotopic (exact) mass is 925 g/mol. The van der Waals surface area contributed by atoms with Gasteiger partial charge in [-0.2, -0.15) is 0 Å². The summed E-state index contributed by atoms with van der Waals surface area (Å²) in [5.74, 6) is 2.07. The van der Waals surface area contributed by atoms with Crippen molar-refractivity contribution in [3.63, 3.8) is 0 Å². The molecule has 53 heavy (non-hydrogen) atoms. The minimum absolute atomic E-state index is 0. The van der Waals surface area contributed by atoms with Crippen LogP contribution < -0.4 is 5.19 Å². The molecular formula is C47H62IrNO2SSi-. The second-order valence-electron chi connectivity index (χ2n) is 17.3. The zero-order valence-corrected chi connectivity index (χ0v) is 38.7. The van der Waals surface area contributed by atoms with Gasteiger partial charge in [0.2, 0.25) is 0 Å². The molecule has 0 amide bonds. The van der Waals surface area contributed by atoms with Crippen molar-refractivity contribution in [3.8, 4) is 21.7 Å². The second kappa shape index (κ2) is 18.6. The average molecular weight is 925 g/mol. The summed E-state index contributed by atoms with van der Waals surface area (Å²) in [6, 6.07) is 26.0. The van der Waals surface area contributed by atoms with Crippen LogP contribution in [-0.4, -0.2) is 23.9 Å². The van der Waals surface area contributed by atoms with E-state index in [1.165, 1.54) is 48.3 Å². The van der Waals surface area contributed by atoms with Crippen molar-refractivity contribution in [3.05, 3.63) is 95.9 Å². The van der Waals surface area contributed by atoms with Crippen LogP contribution in [0.5, 0.6) is 0 Å². The number of thiophene rings is 1. The van der Waals surface area contributed by atoms with Crippen LogP contribution in [0, 0.1) is 48.5 Å². The van der Waals surface area contributed by atoms with Gasteiger partial charge in [0, 0.05) is 59.5 Å². The Morgan fingerprint density at radius 3 is 1.89 bits per heavy atom. The minimum Gasteiger partial charge on any atom is -0.512 e. The molecule has 0 aliphatic rings. The number of carbonyl (C=O) groups excluding carboxylic acids is 1. The Kier molecular flexibility index (Phi) is 15.6. The molecule has 287 valence electrons. The Labute approximate surface area is 339 Å². The molecule has 0 spiro atoms. The van der Waals surface area contributed by atoms with E-state index in [-0.39, 0.29) is 43.5 Å². The van der Waals surface area contributed by atoms with Gasteiger partial charge in [0.05, 0.1) is 13.8 Å². The first kappa shape index (κ1) is 44.5. The van der Waals surface area contributed by atoms with Gasteiger partial charge in [0.25, 0.3) is 0 Å². The van der Waals surface area contributed by atoms with E-state index in [4.69, 9.17) is 4.98 Å². The molecule has 0 aliphatic carbocycles. The summed E-state index contributed by atoms with van der Waals surface area (Å²) in [5.41, 5.74) is 6.12. The molecule has 0 unspecified atom stereocenters. The Morgan fingerprint density at radius 2 is 1.36 bits per heavy atom. The fourth-order valence-electron chi connectivity index (χ4n) is 7.82. The number of hydrogen-bond donors (Lipinski definition) is 1. The van der Waals surface area contributed by atoms with E-state index in [1.807, 2.05) is 17.5 Å². The molecule has 3 nitrogen and oxygen atoms in total. The molecule has 3 aromatic carbocycles. The molecule has 0 aliphatic heterocycles. The van der Waals surface area contributed by atoms with Gasteiger partial charge in [0.1, 0.15) is 0 Å². The molecule has 0 saturated heterocycles. The molecule has 5 rings (SSSR count). The van der Waals surface area contributed by atoms with Gasteiger partial charge in [-0.3, -0.25) is 9.78 Å². The number of allylic oxidation sites excluding steroid dienone is 2. The van der Waals surface area contributed by atoms with Gasteiger partial charge < -0.3 is 5.11 Å². The van der Waals surface area contributed by atoms with Crippen molar-refractivity contribution >= 4 is 51.2 Å². The standard InChI is InChI=1S/C30H30NSSi.C17H32O2.Ir/c1-19(2)27-18-23(17-22-9-7-8-10-26(22)27)28-30-25(15-16-31-28)20(3)29(32-30)21-11-13-24(14-12-21)33(4,5)6;1-10(2)16(11(3)4)14(18)9-15(19)17(12(5)6)13(7)8;/h7-16,18-19H,1-6H3;9-13,16-18H,1-8H3;/q-1;;/b;14-9-;. The third-order valence-corrected chi connectivity index (χ3v) is 13.8. The first-order valence-corrected chi connectivity index (χ1v) is 23.5. The molecule has 2 aromatic heterocycles. The number of fused-ring (bicyclic) bond motifs is 2. The topological polar surface area (TPSA) is 50.2 Å². The summed E-state index contributed by atoms with van der Waals surface area (Å²) in [5, 5.41) is 15.5. The molecule has 6 heteroatoms. The van der Waals surface area contributed by atoms with Gasteiger partial charge in [-0.15, -0.1) is 40.5 Å². The smallest absolute Gasteiger partial charge is 0.162 e. The van der Waals surface area contributed by atoms with Crippen LogP contribution in [0.15, 0.2) is 78.7 Å². The predicted molar refractivity (Wildman–Crippen MR) is 231 cm³/mol. The van der Waals surface area contributed by atoms with Gasteiger partial charge >= 0.3 is 0 Å². The molecule has 1 radical (unpaired) electrons. The summed E-state index contributed by atoms with van der Waals surface area (Å²) in [7, 11) is -1.30. The van der Waals surface area contributed by atoms with Crippen molar-refractivity contribution in [1.82, 2.24) is 4.98 Å². The van der Waals surface area contributed by atoms with Crippen LogP contribution in [0.3, 0.4) is 0 Å². The van der Waals surface area contributed by atoms with Crippen molar-refractivity contribution in [2.24, 2.45) is 35.5 Å². The number of aryl methyl sites for hydroxylation is 1. The summed E-state index contributed by atoms with van der Waals surface area (Å²) < 4.78 is 1.25. The van der Waals surface area contributed by atoms with E-state index >= 15 is 0 Å². The third kappa shape index (κ3) is 10.5. The third-order valence-electron chi connectivity index (χ3n) is 10.4. The first-order chi connectivity index (χ1) is 24.3. The zero-order chi connectivity index (χ0) is 38.7. The molecular weight excluding hydrogens is 863 g/mol. The van der Waals surface area contributed by atoms with E-state index in [0.29, 0.717) is 29.6 Å². The van der Waals surface area contributed by atoms with E-state index in [0.717, 1.165) is 16.6 Å². The average Bonchev–Trinajstić information content (AvgIpc) is 3.39. The number of carbonyl (C=O) groups is 1. The maximum absolute atomic E-state index is 12.3. The summed E-state index contributed by atoms with van der Waals surface area (Å²) in [6.07, 6.45) is 3.43. The quantitative estimate of drug-likeness (QED) is 0.0621. The number of aliphatic hydroxyl groups is 1. The largest absolute Gasteiger partial charge is 0.512 e. The maximum atomic E-state index is 12.3. The number of pyridine rings is 1. The van der Waals surface area contributed by atoms with E-state index < -0.39 is 8.07 Å². The number of nitrogens with zero attached hydrogens (tertiary/aromatic N) is 1. The van der Waals surface area contributed by atoms with Crippen LogP contribution in [0.1, 0.15) is 86.3 Å². The van der Waals surface area contributed by atoms with Gasteiger partial charge in [-0.1, -0.05) is 147 Å². The fourth-order valence-corrected chi connectivity index (χ4v) is 10.3. The van der Waals surface area contributed by atoms with E-state index in [1.54, 1.807) is 0 Å². The van der Waals surface area contributed by atoms with E-state index in [9.17, 15) is 9.90 Å². The molecule has 1 N–H and O–H groups in total. The molecule has 5 aromatic rings. The molecule has 2 heterocycles. The van der Waals surface area contributed by atoms with Crippen molar-refractivity contribution in [1.29, 1.82) is 0 Å². The van der Waals surface area contributed by atoms with Crippen molar-refractivity contribution < 1.29 is 30.0 Å². The van der Waals surface area contributed by atoms with Crippen molar-refractivity contribution in [2.45, 2.75) is 102 Å². The number of aliphatic hydroxyl groups excluding tert-OH is 1. The normalized spacial score (nSPS) is 12.5. The van der Waals surface area contributed by atoms with E-state index in [2.05, 4.69) is 163 Å². The van der Waals surface area contributed by atoms with Crippen LogP contribution in [0.25, 0.3) is 42.6 Å². The van der Waals surface area contributed by atoms with Crippen LogP contribution in [0.4, 0.5) is 0 Å². The number of ketones is 1. The minimum atomic E-state index is -1.30. The Morgan fingerprint density at radius 1 is 0.792 bits per heavy atom. The number of hydrogen-bond acceptors (Lipinski definition) is 4. The van der Waals surface area contributed by atoms with Gasteiger partial charge in [0.15, 0.2) is 5.78 Å². The first-order valence-electron chi connectivity index (χ1n) is 19.2. The fraction of sp³-hybridized carbons (Fsp3) is 0.447. The summed E-state index contributed by atoms with van der Waals surface area (Å²) >= 11 is 1.86. The maximum Gasteiger partial charge on any atom is 0.162 e. The number of aromatic nitrogens is 1. The molecule has 0 bridgehead atoms. The van der Waals surface area contributed by atoms with Crippen LogP contribution >= 0.6 is 11.3 Å². The summed E-state index contributed by atoms with van der Waals surface area (Å²) in [6.45, 7) is 30.6. The van der Waals surface area contributed by atoms with Gasteiger partial charge in [-0.25, -0.2) is 0 Å². The van der Waals surface area contributed by atoms with Crippen LogP contribution in [0.2, 0.25) is 19.6 Å². The predicted octanol–water partition coefficient (Wildman–Crippen LogP) is 13.4. The zero-order valence-electron chi connectivity index (χ0n) is 34.5. The Bertz CT molecular complexity index is 2000. The van der Waals surface area contributed by atoms with Gasteiger partial charge in [-0.05, 0) is 59.1 Å². The Hall–Kier alpha value is -2.89. The molecule has 0 saturated carbocycles. The number of benzene rings is 3. The van der Waals surface area contributed by atoms with Crippen molar-refractivity contribution in [2.75, 3.05) is 0 Å². The molecule has 0 fully saturated rings.